The van der Waals surface area contributed by atoms with Gasteiger partial charge in [0.2, 0.25) is 5.91 Å². The van der Waals surface area contributed by atoms with Crippen molar-refractivity contribution in [2.45, 2.75) is 30.2 Å². The molecule has 0 aliphatic carbocycles. The average molecular weight is 481 g/mol. The lowest BCUT2D eigenvalue weighted by atomic mass is 9.85. The Kier molecular flexibility index (Phi) is 6.81. The molecule has 2 heterocycles. The lowest BCUT2D eigenvalue weighted by Gasteiger charge is -2.33. The van der Waals surface area contributed by atoms with Gasteiger partial charge in [0.15, 0.2) is 0 Å². The summed E-state index contributed by atoms with van der Waals surface area (Å²) in [5, 5.41) is 2.38. The summed E-state index contributed by atoms with van der Waals surface area (Å²) >= 11 is 6.82. The molecule has 0 bridgehead atoms. The fourth-order valence-corrected chi connectivity index (χ4v) is 6.59. The van der Waals surface area contributed by atoms with Crippen LogP contribution in [0, 0.1) is 11.8 Å². The van der Waals surface area contributed by atoms with Gasteiger partial charge in [0.05, 0.1) is 15.6 Å². The Balaban J connectivity index is 1.63. The van der Waals surface area contributed by atoms with E-state index in [1.165, 1.54) is 34.6 Å². The van der Waals surface area contributed by atoms with Crippen LogP contribution in [0.25, 0.3) is 0 Å². The molecule has 30 heavy (non-hydrogen) atoms. The van der Waals surface area contributed by atoms with Crippen molar-refractivity contribution in [2.24, 2.45) is 11.8 Å². The molecular weight excluding hydrogens is 461 g/mol. The number of hydrogen-bond donors (Lipinski definition) is 1. The van der Waals surface area contributed by atoms with Crippen molar-refractivity contribution in [1.29, 1.82) is 0 Å². The Morgan fingerprint density at radius 3 is 2.40 bits per heavy atom. The average Bonchev–Trinajstić information content (AvgIpc) is 3.14. The lowest BCUT2D eigenvalue weighted by Crippen LogP contribution is -2.41. The predicted molar refractivity (Wildman–Crippen MR) is 110 cm³/mol. The lowest BCUT2D eigenvalue weighted by molar-refractivity contribution is -0.137. The maximum Gasteiger partial charge on any atom is 0.418 e. The van der Waals surface area contributed by atoms with E-state index < -0.39 is 33.6 Å². The highest BCUT2D eigenvalue weighted by atomic mass is 35.5. The zero-order valence-electron chi connectivity index (χ0n) is 15.9. The van der Waals surface area contributed by atoms with Crippen LogP contribution >= 0.6 is 22.9 Å². The summed E-state index contributed by atoms with van der Waals surface area (Å²) in [5.74, 6) is -1.22. The first kappa shape index (κ1) is 23.1. The standard InChI is InChI=1S/C19H20ClF3N2O3S2/c1-12(18(26)24-15-5-3-2-4-14(15)19(21,22)23)13-8-10-25(11-9-13)30(27,28)17-7-6-16(20)29-17/h2-7,12-13H,8-11H2,1H3,(H,24,26)/t12-/m1/s1. The van der Waals surface area contributed by atoms with E-state index >= 15 is 0 Å². The topological polar surface area (TPSA) is 66.5 Å². The molecule has 1 saturated heterocycles. The summed E-state index contributed by atoms with van der Waals surface area (Å²) in [6.07, 6.45) is -3.70. The molecule has 1 amide bonds. The summed E-state index contributed by atoms with van der Waals surface area (Å²) in [5.41, 5.74) is -1.18. The van der Waals surface area contributed by atoms with Crippen molar-refractivity contribution in [3.05, 3.63) is 46.3 Å². The summed E-state index contributed by atoms with van der Waals surface area (Å²) in [7, 11) is -3.64. The molecular formula is C19H20ClF3N2O3S2. The number of carbonyl (C=O) groups is 1. The van der Waals surface area contributed by atoms with Gasteiger partial charge in [0, 0.05) is 19.0 Å². The highest BCUT2D eigenvalue weighted by Crippen LogP contribution is 2.36. The number of carbonyl (C=O) groups excluding carboxylic acids is 1. The van der Waals surface area contributed by atoms with E-state index in [9.17, 15) is 26.4 Å². The van der Waals surface area contributed by atoms with E-state index in [-0.39, 0.29) is 28.9 Å². The number of sulfonamides is 1. The molecule has 1 aliphatic heterocycles. The van der Waals surface area contributed by atoms with Crippen LogP contribution in [-0.2, 0) is 21.0 Å². The highest BCUT2D eigenvalue weighted by molar-refractivity contribution is 7.91. The number of amides is 1. The van der Waals surface area contributed by atoms with Crippen molar-refractivity contribution < 1.29 is 26.4 Å². The summed E-state index contributed by atoms with van der Waals surface area (Å²) in [6, 6.07) is 7.81. The van der Waals surface area contributed by atoms with E-state index in [1.807, 2.05) is 0 Å². The molecule has 11 heteroatoms. The number of para-hydroxylation sites is 1. The third-order valence-corrected chi connectivity index (χ3v) is 8.85. The first-order valence-corrected chi connectivity index (χ1v) is 11.9. The Hall–Kier alpha value is -1.62. The number of thiophene rings is 1. The maximum absolute atomic E-state index is 13.1. The van der Waals surface area contributed by atoms with Gasteiger partial charge in [-0.05, 0) is 43.0 Å². The minimum absolute atomic E-state index is 0.138. The molecule has 1 aromatic carbocycles. The van der Waals surface area contributed by atoms with Crippen LogP contribution in [0.5, 0.6) is 0 Å². The first-order valence-electron chi connectivity index (χ1n) is 9.22. The van der Waals surface area contributed by atoms with Gasteiger partial charge in [-0.15, -0.1) is 11.3 Å². The van der Waals surface area contributed by atoms with E-state index in [0.29, 0.717) is 17.2 Å². The Bertz CT molecular complexity index is 1020. The molecule has 1 aliphatic rings. The summed E-state index contributed by atoms with van der Waals surface area (Å²) < 4.78 is 66.6. The van der Waals surface area contributed by atoms with E-state index in [1.54, 1.807) is 6.92 Å². The predicted octanol–water partition coefficient (Wildman–Crippen LogP) is 5.10. The number of halogens is 4. The van der Waals surface area contributed by atoms with Crippen LogP contribution in [0.1, 0.15) is 25.3 Å². The molecule has 2 aromatic rings. The van der Waals surface area contributed by atoms with Gasteiger partial charge < -0.3 is 5.32 Å². The smallest absolute Gasteiger partial charge is 0.325 e. The molecule has 0 saturated carbocycles. The zero-order valence-corrected chi connectivity index (χ0v) is 18.3. The third kappa shape index (κ3) is 4.99. The SMILES string of the molecule is C[C@@H](C(=O)Nc1ccccc1C(F)(F)F)C1CCN(S(=O)(=O)c2ccc(Cl)s2)CC1. The largest absolute Gasteiger partial charge is 0.418 e. The number of hydrogen-bond acceptors (Lipinski definition) is 4. The van der Waals surface area contributed by atoms with Crippen molar-refractivity contribution in [3.8, 4) is 0 Å². The normalized spacial score (nSPS) is 17.6. The zero-order chi connectivity index (χ0) is 22.1. The van der Waals surface area contributed by atoms with Gasteiger partial charge in [-0.2, -0.15) is 17.5 Å². The number of anilines is 1. The van der Waals surface area contributed by atoms with Gasteiger partial charge >= 0.3 is 6.18 Å². The van der Waals surface area contributed by atoms with Crippen molar-refractivity contribution >= 4 is 44.6 Å². The molecule has 1 fully saturated rings. The van der Waals surface area contributed by atoms with Crippen molar-refractivity contribution in [1.82, 2.24) is 4.31 Å². The van der Waals surface area contributed by atoms with Gasteiger partial charge in [0.25, 0.3) is 10.0 Å². The molecule has 164 valence electrons. The Labute approximate surface area is 181 Å². The van der Waals surface area contributed by atoms with E-state index in [0.717, 1.165) is 17.4 Å². The van der Waals surface area contributed by atoms with Crippen LogP contribution in [0.15, 0.2) is 40.6 Å². The fraction of sp³-hybridized carbons (Fsp3) is 0.421. The molecule has 0 spiro atoms. The van der Waals surface area contributed by atoms with Crippen molar-refractivity contribution in [3.63, 3.8) is 0 Å². The third-order valence-electron chi connectivity index (χ3n) is 5.25. The second-order valence-corrected chi connectivity index (χ2v) is 11.0. The molecule has 0 unspecified atom stereocenters. The van der Waals surface area contributed by atoms with Gasteiger partial charge in [0.1, 0.15) is 4.21 Å². The second-order valence-electron chi connectivity index (χ2n) is 7.12. The Morgan fingerprint density at radius 2 is 1.83 bits per heavy atom. The van der Waals surface area contributed by atoms with Crippen LogP contribution in [-0.4, -0.2) is 31.7 Å². The van der Waals surface area contributed by atoms with Gasteiger partial charge in [-0.3, -0.25) is 4.79 Å². The second kappa shape index (κ2) is 8.86. The van der Waals surface area contributed by atoms with Crippen molar-refractivity contribution in [2.75, 3.05) is 18.4 Å². The monoisotopic (exact) mass is 480 g/mol. The van der Waals surface area contributed by atoms with Crippen LogP contribution in [0.3, 0.4) is 0 Å². The van der Waals surface area contributed by atoms with Gasteiger partial charge in [-0.1, -0.05) is 30.7 Å². The quantitative estimate of drug-likeness (QED) is 0.647. The van der Waals surface area contributed by atoms with Crippen LogP contribution in [0.2, 0.25) is 4.34 Å². The Morgan fingerprint density at radius 1 is 1.20 bits per heavy atom. The molecule has 5 nitrogen and oxygen atoms in total. The summed E-state index contributed by atoms with van der Waals surface area (Å²) in [6.45, 7) is 2.12. The van der Waals surface area contributed by atoms with Crippen LogP contribution in [0.4, 0.5) is 18.9 Å². The van der Waals surface area contributed by atoms with Gasteiger partial charge in [-0.25, -0.2) is 8.42 Å². The molecule has 1 aromatic heterocycles. The first-order chi connectivity index (χ1) is 14.0. The number of alkyl halides is 3. The molecule has 0 radical (unpaired) electrons. The molecule has 1 N–H and O–H groups in total. The number of nitrogens with zero attached hydrogens (tertiary/aromatic N) is 1. The number of nitrogens with one attached hydrogen (secondary N) is 1. The maximum atomic E-state index is 13.1. The number of piperidine rings is 1. The molecule has 1 atom stereocenters. The highest BCUT2D eigenvalue weighted by Gasteiger charge is 2.36. The number of benzene rings is 1. The minimum atomic E-state index is -4.57. The van der Waals surface area contributed by atoms with E-state index in [2.05, 4.69) is 5.32 Å². The minimum Gasteiger partial charge on any atom is -0.325 e. The summed E-state index contributed by atoms with van der Waals surface area (Å²) in [4.78, 5) is 12.6. The van der Waals surface area contributed by atoms with E-state index in [4.69, 9.17) is 11.6 Å². The fourth-order valence-electron chi connectivity index (χ4n) is 3.48. The molecule has 3 rings (SSSR count). The van der Waals surface area contributed by atoms with Crippen LogP contribution < -0.4 is 5.32 Å². The number of rotatable bonds is 5.